The van der Waals surface area contributed by atoms with E-state index in [0.717, 1.165) is 32.4 Å². The lowest BCUT2D eigenvalue weighted by Gasteiger charge is -2.29. The minimum absolute atomic E-state index is 0.346. The molecule has 1 heterocycles. The summed E-state index contributed by atoms with van der Waals surface area (Å²) in [4.78, 5) is 12.0. The Morgan fingerprint density at radius 3 is 2.85 bits per heavy atom. The number of ether oxygens (including phenoxy) is 1. The molecular formula is C17H23NO2. The summed E-state index contributed by atoms with van der Waals surface area (Å²) in [6.45, 7) is 2.67. The van der Waals surface area contributed by atoms with Gasteiger partial charge in [0.05, 0.1) is 12.7 Å². The van der Waals surface area contributed by atoms with E-state index >= 15 is 0 Å². The largest absolute Gasteiger partial charge is 0.378 e. The fourth-order valence-corrected chi connectivity index (χ4v) is 3.22. The first-order valence-corrected chi connectivity index (χ1v) is 7.75. The summed E-state index contributed by atoms with van der Waals surface area (Å²) in [5.41, 5.74) is 2.79. The number of hydrogen-bond acceptors (Lipinski definition) is 3. The normalized spacial score (nSPS) is 22.1. The van der Waals surface area contributed by atoms with Gasteiger partial charge in [-0.2, -0.15) is 0 Å². The van der Waals surface area contributed by atoms with E-state index in [1.807, 2.05) is 0 Å². The Hall–Kier alpha value is -1.19. The van der Waals surface area contributed by atoms with Gasteiger partial charge in [0.2, 0.25) is 0 Å². The van der Waals surface area contributed by atoms with Crippen LogP contribution in [-0.2, 0) is 16.0 Å². The molecule has 1 aromatic rings. The smallest absolute Gasteiger partial charge is 0.135 e. The molecule has 1 aromatic carbocycles. The van der Waals surface area contributed by atoms with Gasteiger partial charge in [0.1, 0.15) is 5.78 Å². The van der Waals surface area contributed by atoms with Crippen molar-refractivity contribution >= 4 is 5.78 Å². The number of carbonyl (C=O) groups excluding carboxylic acids is 1. The Morgan fingerprint density at radius 2 is 2.05 bits per heavy atom. The second-order valence-corrected chi connectivity index (χ2v) is 5.91. The number of fused-ring (bicyclic) bond motifs is 1. The molecule has 0 bridgehead atoms. The molecule has 1 saturated heterocycles. The molecule has 1 atom stereocenters. The summed E-state index contributed by atoms with van der Waals surface area (Å²) in [5, 5.41) is 3.32. The molecule has 2 aliphatic rings. The minimum Gasteiger partial charge on any atom is -0.378 e. The summed E-state index contributed by atoms with van der Waals surface area (Å²) in [6.07, 6.45) is 4.83. The van der Waals surface area contributed by atoms with Crippen LogP contribution >= 0.6 is 0 Å². The first kappa shape index (κ1) is 13.8. The highest BCUT2D eigenvalue weighted by Crippen LogP contribution is 2.37. The number of nitrogens with one attached hydrogen (secondary N) is 1. The third-order valence-corrected chi connectivity index (χ3v) is 4.46. The highest BCUT2D eigenvalue weighted by molar-refractivity contribution is 5.80. The van der Waals surface area contributed by atoms with E-state index in [4.69, 9.17) is 4.74 Å². The molecule has 0 amide bonds. The van der Waals surface area contributed by atoms with Crippen molar-refractivity contribution in [3.05, 3.63) is 35.4 Å². The zero-order valence-electron chi connectivity index (χ0n) is 11.9. The van der Waals surface area contributed by atoms with Crippen LogP contribution in [0.5, 0.6) is 0 Å². The van der Waals surface area contributed by atoms with Gasteiger partial charge in [-0.25, -0.2) is 0 Å². The van der Waals surface area contributed by atoms with E-state index in [1.165, 1.54) is 11.1 Å². The number of benzene rings is 1. The molecule has 0 spiro atoms. The molecule has 3 rings (SSSR count). The Labute approximate surface area is 120 Å². The van der Waals surface area contributed by atoms with Gasteiger partial charge >= 0.3 is 0 Å². The minimum atomic E-state index is 0.346. The Bertz CT molecular complexity index is 466. The number of carbonyl (C=O) groups is 1. The molecule has 3 heteroatoms. The van der Waals surface area contributed by atoms with Crippen LogP contribution in [0.2, 0.25) is 0 Å². The Morgan fingerprint density at radius 1 is 1.25 bits per heavy atom. The lowest BCUT2D eigenvalue weighted by Crippen LogP contribution is -2.32. The molecule has 1 aliphatic heterocycles. The van der Waals surface area contributed by atoms with Crippen LogP contribution in [0.4, 0.5) is 0 Å². The second kappa shape index (κ2) is 6.51. The molecule has 0 aromatic heterocycles. The summed E-state index contributed by atoms with van der Waals surface area (Å²) in [7, 11) is 0. The van der Waals surface area contributed by atoms with E-state index in [0.29, 0.717) is 37.3 Å². The first-order valence-electron chi connectivity index (χ1n) is 7.75. The van der Waals surface area contributed by atoms with Crippen LogP contribution in [0.3, 0.4) is 0 Å². The number of ketones is 1. The van der Waals surface area contributed by atoms with E-state index in [2.05, 4.69) is 29.6 Å². The molecule has 1 aliphatic carbocycles. The third kappa shape index (κ3) is 3.28. The number of piperidine rings is 1. The lowest BCUT2D eigenvalue weighted by atomic mass is 9.75. The molecule has 108 valence electrons. The van der Waals surface area contributed by atoms with Crippen molar-refractivity contribution in [3.8, 4) is 0 Å². The molecule has 3 nitrogen and oxygen atoms in total. The van der Waals surface area contributed by atoms with Gasteiger partial charge in [-0.3, -0.25) is 4.79 Å². The predicted octanol–water partition coefficient (Wildman–Crippen LogP) is 2.44. The van der Waals surface area contributed by atoms with Gasteiger partial charge in [0.15, 0.2) is 0 Å². The van der Waals surface area contributed by atoms with Crippen LogP contribution in [0.1, 0.15) is 42.7 Å². The van der Waals surface area contributed by atoms with Crippen LogP contribution in [0, 0.1) is 0 Å². The van der Waals surface area contributed by atoms with Crippen molar-refractivity contribution in [3.63, 3.8) is 0 Å². The lowest BCUT2D eigenvalue weighted by molar-refractivity contribution is -0.121. The van der Waals surface area contributed by atoms with Crippen LogP contribution < -0.4 is 5.32 Å². The zero-order valence-corrected chi connectivity index (χ0v) is 11.9. The van der Waals surface area contributed by atoms with Crippen molar-refractivity contribution in [1.29, 1.82) is 0 Å². The van der Waals surface area contributed by atoms with E-state index in [-0.39, 0.29) is 0 Å². The third-order valence-electron chi connectivity index (χ3n) is 4.46. The Balaban J connectivity index is 1.36. The quantitative estimate of drug-likeness (QED) is 0.865. The van der Waals surface area contributed by atoms with Crippen LogP contribution in [-0.4, -0.2) is 31.6 Å². The maximum absolute atomic E-state index is 12.0. The van der Waals surface area contributed by atoms with Crippen molar-refractivity contribution in [2.75, 3.05) is 19.7 Å². The predicted molar refractivity (Wildman–Crippen MR) is 79.0 cm³/mol. The molecule has 1 N–H and O–H groups in total. The van der Waals surface area contributed by atoms with Gasteiger partial charge < -0.3 is 10.1 Å². The zero-order chi connectivity index (χ0) is 13.8. The van der Waals surface area contributed by atoms with Crippen molar-refractivity contribution < 1.29 is 9.53 Å². The van der Waals surface area contributed by atoms with E-state index in [9.17, 15) is 4.79 Å². The highest BCUT2D eigenvalue weighted by atomic mass is 16.5. The van der Waals surface area contributed by atoms with Crippen LogP contribution in [0.25, 0.3) is 0 Å². The van der Waals surface area contributed by atoms with Crippen LogP contribution in [0.15, 0.2) is 24.3 Å². The van der Waals surface area contributed by atoms with Gasteiger partial charge in [0.25, 0.3) is 0 Å². The number of Topliss-reactive ketones (excluding diaryl/α,β-unsaturated/α-hetero) is 1. The number of rotatable bonds is 6. The van der Waals surface area contributed by atoms with E-state index < -0.39 is 0 Å². The SMILES string of the molecule is O=C(CCOC1CCNCC1)CC1Cc2ccccc21. The molecule has 0 radical (unpaired) electrons. The fraction of sp³-hybridized carbons (Fsp3) is 0.588. The summed E-state index contributed by atoms with van der Waals surface area (Å²) < 4.78 is 5.80. The monoisotopic (exact) mass is 273 g/mol. The molecule has 1 unspecified atom stereocenters. The van der Waals surface area contributed by atoms with Crippen molar-refractivity contribution in [2.24, 2.45) is 0 Å². The average molecular weight is 273 g/mol. The average Bonchev–Trinajstić information content (AvgIpc) is 2.46. The molecule has 1 fully saturated rings. The molecule has 20 heavy (non-hydrogen) atoms. The standard InChI is InChI=1S/C17H23NO2/c19-15(7-10-20-16-5-8-18-9-6-16)12-14-11-13-3-1-2-4-17(13)14/h1-4,14,16,18H,5-12H2. The Kier molecular flexibility index (Phi) is 4.48. The number of hydrogen-bond donors (Lipinski definition) is 1. The molecule has 0 saturated carbocycles. The fourth-order valence-electron chi connectivity index (χ4n) is 3.22. The maximum Gasteiger partial charge on any atom is 0.135 e. The van der Waals surface area contributed by atoms with E-state index in [1.54, 1.807) is 0 Å². The summed E-state index contributed by atoms with van der Waals surface area (Å²) in [5.74, 6) is 0.802. The van der Waals surface area contributed by atoms with Gasteiger partial charge in [-0.1, -0.05) is 24.3 Å². The first-order chi connectivity index (χ1) is 9.83. The second-order valence-electron chi connectivity index (χ2n) is 5.91. The summed E-state index contributed by atoms with van der Waals surface area (Å²) >= 11 is 0. The van der Waals surface area contributed by atoms with Crippen molar-refractivity contribution in [1.82, 2.24) is 5.32 Å². The maximum atomic E-state index is 12.0. The topological polar surface area (TPSA) is 38.3 Å². The van der Waals surface area contributed by atoms with Crippen molar-refractivity contribution in [2.45, 2.75) is 44.1 Å². The highest BCUT2D eigenvalue weighted by Gasteiger charge is 2.27. The van der Waals surface area contributed by atoms with Gasteiger partial charge in [-0.15, -0.1) is 0 Å². The van der Waals surface area contributed by atoms with Gasteiger partial charge in [0, 0.05) is 12.8 Å². The van der Waals surface area contributed by atoms with Gasteiger partial charge in [-0.05, 0) is 49.4 Å². The summed E-state index contributed by atoms with van der Waals surface area (Å²) in [6, 6.07) is 8.46. The molecular weight excluding hydrogens is 250 g/mol.